The Balaban J connectivity index is 1.90. The summed E-state index contributed by atoms with van der Waals surface area (Å²) in [6.45, 7) is 7.07. The van der Waals surface area contributed by atoms with Crippen molar-refractivity contribution < 1.29 is 13.6 Å². The quantitative estimate of drug-likeness (QED) is 0.873. The number of carbonyl (C=O) groups excluding carboxylic acids is 1. The highest BCUT2D eigenvalue weighted by atomic mass is 19.3. The van der Waals surface area contributed by atoms with E-state index in [-0.39, 0.29) is 24.5 Å². The lowest BCUT2D eigenvalue weighted by atomic mass is 10.0. The Morgan fingerprint density at radius 2 is 2.09 bits per heavy atom. The highest BCUT2D eigenvalue weighted by molar-refractivity contribution is 5.95. The number of alkyl halides is 2. The predicted octanol–water partition coefficient (Wildman–Crippen LogP) is 2.62. The van der Waals surface area contributed by atoms with E-state index < -0.39 is 6.43 Å². The minimum Gasteiger partial charge on any atom is -0.349 e. The monoisotopic (exact) mass is 328 g/mol. The first kappa shape index (κ1) is 17.8. The number of piperidine rings is 1. The van der Waals surface area contributed by atoms with Crippen LogP contribution in [0, 0.1) is 6.92 Å². The molecule has 0 spiro atoms. The van der Waals surface area contributed by atoms with Crippen LogP contribution in [0.4, 0.5) is 8.78 Å². The molecule has 1 fully saturated rings. The van der Waals surface area contributed by atoms with E-state index >= 15 is 0 Å². The Bertz CT molecular complexity index is 524. The molecule has 0 radical (unpaired) electrons. The van der Waals surface area contributed by atoms with Gasteiger partial charge in [0.25, 0.3) is 12.3 Å². The second-order valence-corrected chi connectivity index (χ2v) is 6.28. The first-order chi connectivity index (χ1) is 10.9. The van der Waals surface area contributed by atoms with Crippen molar-refractivity contribution in [1.29, 1.82) is 0 Å². The summed E-state index contributed by atoms with van der Waals surface area (Å²) in [6.07, 6.45) is 1.68. The van der Waals surface area contributed by atoms with Crippen LogP contribution in [-0.4, -0.2) is 52.7 Å². The van der Waals surface area contributed by atoms with Gasteiger partial charge in [0.2, 0.25) is 0 Å². The molecule has 0 aromatic carbocycles. The number of likely N-dealkylation sites (tertiary alicyclic amines) is 1. The summed E-state index contributed by atoms with van der Waals surface area (Å²) in [5.41, 5.74) is 1.47. The average molecular weight is 328 g/mol. The van der Waals surface area contributed by atoms with Crippen molar-refractivity contribution in [2.75, 3.05) is 19.6 Å². The van der Waals surface area contributed by atoms with Crippen LogP contribution in [0.15, 0.2) is 6.20 Å². The van der Waals surface area contributed by atoms with Crippen LogP contribution in [0.3, 0.4) is 0 Å². The Kier molecular flexibility index (Phi) is 6.10. The molecule has 0 unspecified atom stereocenters. The Morgan fingerprint density at radius 1 is 1.43 bits per heavy atom. The smallest absolute Gasteiger partial charge is 0.254 e. The third-order valence-electron chi connectivity index (χ3n) is 4.62. The SMILES string of the molecule is CC[C@@H](C)n1ncc(C(=O)NC2CCN(CC(F)F)CC2)c1C. The highest BCUT2D eigenvalue weighted by Gasteiger charge is 2.24. The molecule has 130 valence electrons. The van der Waals surface area contributed by atoms with E-state index in [0.29, 0.717) is 31.5 Å². The van der Waals surface area contributed by atoms with E-state index in [9.17, 15) is 13.6 Å². The summed E-state index contributed by atoms with van der Waals surface area (Å²) >= 11 is 0. The molecular formula is C16H26F2N4O. The third-order valence-corrected chi connectivity index (χ3v) is 4.62. The molecule has 1 aliphatic rings. The van der Waals surface area contributed by atoms with E-state index in [2.05, 4.69) is 24.3 Å². The van der Waals surface area contributed by atoms with Gasteiger partial charge in [-0.15, -0.1) is 0 Å². The molecule has 1 N–H and O–H groups in total. The van der Waals surface area contributed by atoms with Gasteiger partial charge in [-0.05, 0) is 33.1 Å². The third kappa shape index (κ3) is 4.50. The van der Waals surface area contributed by atoms with Crippen LogP contribution in [-0.2, 0) is 0 Å². The molecular weight excluding hydrogens is 302 g/mol. The first-order valence-corrected chi connectivity index (χ1v) is 8.27. The average Bonchev–Trinajstić information content (AvgIpc) is 2.89. The fourth-order valence-electron chi connectivity index (χ4n) is 2.98. The van der Waals surface area contributed by atoms with Crippen molar-refractivity contribution in [3.05, 3.63) is 17.5 Å². The summed E-state index contributed by atoms with van der Waals surface area (Å²) in [4.78, 5) is 14.2. The van der Waals surface area contributed by atoms with Crippen molar-refractivity contribution in [1.82, 2.24) is 20.0 Å². The van der Waals surface area contributed by atoms with Crippen LogP contribution in [0.25, 0.3) is 0 Å². The van der Waals surface area contributed by atoms with Crippen molar-refractivity contribution >= 4 is 5.91 Å². The molecule has 7 heteroatoms. The molecule has 1 aromatic rings. The fourth-order valence-corrected chi connectivity index (χ4v) is 2.98. The Labute approximate surface area is 136 Å². The Hall–Kier alpha value is -1.50. The molecule has 23 heavy (non-hydrogen) atoms. The normalized spacial score (nSPS) is 18.3. The van der Waals surface area contributed by atoms with E-state index in [1.807, 2.05) is 11.6 Å². The molecule has 0 saturated carbocycles. The maximum absolute atomic E-state index is 12.4. The fraction of sp³-hybridized carbons (Fsp3) is 0.750. The van der Waals surface area contributed by atoms with E-state index in [0.717, 1.165) is 12.1 Å². The zero-order chi connectivity index (χ0) is 17.0. The summed E-state index contributed by atoms with van der Waals surface area (Å²) in [7, 11) is 0. The van der Waals surface area contributed by atoms with Crippen molar-refractivity contribution in [2.24, 2.45) is 0 Å². The number of hydrogen-bond acceptors (Lipinski definition) is 3. The molecule has 2 heterocycles. The van der Waals surface area contributed by atoms with Crippen LogP contribution >= 0.6 is 0 Å². The van der Waals surface area contributed by atoms with E-state index in [4.69, 9.17) is 0 Å². The van der Waals surface area contributed by atoms with Gasteiger partial charge in [0.1, 0.15) is 0 Å². The van der Waals surface area contributed by atoms with Gasteiger partial charge in [-0.1, -0.05) is 6.92 Å². The second-order valence-electron chi connectivity index (χ2n) is 6.28. The molecule has 1 atom stereocenters. The van der Waals surface area contributed by atoms with Gasteiger partial charge in [-0.2, -0.15) is 5.10 Å². The van der Waals surface area contributed by atoms with Crippen LogP contribution in [0.1, 0.15) is 55.2 Å². The van der Waals surface area contributed by atoms with Gasteiger partial charge in [-0.3, -0.25) is 14.4 Å². The first-order valence-electron chi connectivity index (χ1n) is 8.27. The molecule has 0 bridgehead atoms. The summed E-state index contributed by atoms with van der Waals surface area (Å²) in [5.74, 6) is -0.121. The lowest BCUT2D eigenvalue weighted by Crippen LogP contribution is -2.45. The number of hydrogen-bond donors (Lipinski definition) is 1. The highest BCUT2D eigenvalue weighted by Crippen LogP contribution is 2.17. The van der Waals surface area contributed by atoms with Gasteiger partial charge in [0.05, 0.1) is 18.3 Å². The van der Waals surface area contributed by atoms with Crippen LogP contribution in [0.2, 0.25) is 0 Å². The second kappa shape index (κ2) is 7.86. The maximum Gasteiger partial charge on any atom is 0.254 e. The number of amides is 1. The summed E-state index contributed by atoms with van der Waals surface area (Å²) in [5, 5.41) is 7.32. The molecule has 1 aromatic heterocycles. The zero-order valence-electron chi connectivity index (χ0n) is 14.1. The lowest BCUT2D eigenvalue weighted by Gasteiger charge is -2.32. The lowest BCUT2D eigenvalue weighted by molar-refractivity contribution is 0.0696. The van der Waals surface area contributed by atoms with Crippen LogP contribution < -0.4 is 5.32 Å². The molecule has 2 rings (SSSR count). The van der Waals surface area contributed by atoms with Crippen molar-refractivity contribution in [3.63, 3.8) is 0 Å². The largest absolute Gasteiger partial charge is 0.349 e. The minimum absolute atomic E-state index is 0.0442. The Morgan fingerprint density at radius 3 is 2.65 bits per heavy atom. The van der Waals surface area contributed by atoms with Gasteiger partial charge in [-0.25, -0.2) is 8.78 Å². The van der Waals surface area contributed by atoms with Gasteiger partial charge < -0.3 is 5.32 Å². The van der Waals surface area contributed by atoms with Crippen molar-refractivity contribution in [2.45, 2.75) is 58.5 Å². The zero-order valence-corrected chi connectivity index (χ0v) is 14.1. The molecule has 5 nitrogen and oxygen atoms in total. The topological polar surface area (TPSA) is 50.2 Å². The standard InChI is InChI=1S/C16H26F2N4O/c1-4-11(2)22-12(3)14(9-19-22)16(23)20-13-5-7-21(8-6-13)10-15(17)18/h9,11,13,15H,4-8,10H2,1-3H3,(H,20,23)/t11-/m1/s1. The van der Waals surface area contributed by atoms with Crippen LogP contribution in [0.5, 0.6) is 0 Å². The minimum atomic E-state index is -2.30. The molecule has 1 amide bonds. The van der Waals surface area contributed by atoms with Crippen molar-refractivity contribution in [3.8, 4) is 0 Å². The summed E-state index contributed by atoms with van der Waals surface area (Å²) in [6, 6.07) is 0.303. The number of nitrogens with zero attached hydrogens (tertiary/aromatic N) is 3. The molecule has 1 saturated heterocycles. The van der Waals surface area contributed by atoms with E-state index in [1.54, 1.807) is 11.1 Å². The number of rotatable bonds is 6. The van der Waals surface area contributed by atoms with E-state index in [1.165, 1.54) is 0 Å². The number of aromatic nitrogens is 2. The number of halogens is 2. The number of carbonyl (C=O) groups is 1. The maximum atomic E-state index is 12.4. The summed E-state index contributed by atoms with van der Waals surface area (Å²) < 4.78 is 26.6. The number of nitrogens with one attached hydrogen (secondary N) is 1. The molecule has 1 aliphatic heterocycles. The predicted molar refractivity (Wildman–Crippen MR) is 84.9 cm³/mol. The van der Waals surface area contributed by atoms with Gasteiger partial charge >= 0.3 is 0 Å². The van der Waals surface area contributed by atoms with Gasteiger partial charge in [0.15, 0.2) is 0 Å². The van der Waals surface area contributed by atoms with Gasteiger partial charge in [0, 0.05) is 30.9 Å². The molecule has 0 aliphatic carbocycles.